The SMILES string of the molecule is Cc1cc(F)cc(C(F)(CN)c2ccccc2)c1. The molecule has 0 fully saturated rings. The molecule has 2 N–H and O–H groups in total. The molecule has 0 radical (unpaired) electrons. The van der Waals surface area contributed by atoms with Crippen LogP contribution in [0.4, 0.5) is 8.78 Å². The topological polar surface area (TPSA) is 26.0 Å². The van der Waals surface area contributed by atoms with Crippen LogP contribution < -0.4 is 5.73 Å². The summed E-state index contributed by atoms with van der Waals surface area (Å²) < 4.78 is 28.5. The van der Waals surface area contributed by atoms with Crippen LogP contribution in [0.2, 0.25) is 0 Å². The molecule has 2 aromatic rings. The molecule has 1 nitrogen and oxygen atoms in total. The van der Waals surface area contributed by atoms with Gasteiger partial charge in [-0.2, -0.15) is 0 Å². The van der Waals surface area contributed by atoms with Crippen LogP contribution in [-0.2, 0) is 5.67 Å². The van der Waals surface area contributed by atoms with Gasteiger partial charge >= 0.3 is 0 Å². The molecule has 94 valence electrons. The van der Waals surface area contributed by atoms with E-state index in [0.29, 0.717) is 11.1 Å². The molecule has 0 aliphatic heterocycles. The van der Waals surface area contributed by atoms with Gasteiger partial charge in [0.05, 0.1) is 0 Å². The van der Waals surface area contributed by atoms with E-state index >= 15 is 4.39 Å². The molecule has 1 unspecified atom stereocenters. The van der Waals surface area contributed by atoms with Crippen molar-refractivity contribution in [2.45, 2.75) is 12.6 Å². The fraction of sp³-hybridized carbons (Fsp3) is 0.200. The molecular weight excluding hydrogens is 232 g/mol. The minimum atomic E-state index is -1.85. The fourth-order valence-corrected chi connectivity index (χ4v) is 2.07. The van der Waals surface area contributed by atoms with Gasteiger partial charge in [0, 0.05) is 6.54 Å². The first kappa shape index (κ1) is 12.7. The molecule has 0 aliphatic carbocycles. The Morgan fingerprint density at radius 3 is 2.28 bits per heavy atom. The second kappa shape index (κ2) is 4.86. The third-order valence-corrected chi connectivity index (χ3v) is 3.01. The lowest BCUT2D eigenvalue weighted by Crippen LogP contribution is -2.31. The minimum Gasteiger partial charge on any atom is -0.327 e. The van der Waals surface area contributed by atoms with Crippen molar-refractivity contribution < 1.29 is 8.78 Å². The van der Waals surface area contributed by atoms with Gasteiger partial charge in [-0.15, -0.1) is 0 Å². The molecule has 0 heterocycles. The Labute approximate surface area is 105 Å². The van der Waals surface area contributed by atoms with Crippen LogP contribution >= 0.6 is 0 Å². The number of halogens is 2. The summed E-state index contributed by atoms with van der Waals surface area (Å²) >= 11 is 0. The summed E-state index contributed by atoms with van der Waals surface area (Å²) in [5.74, 6) is -0.448. The van der Waals surface area contributed by atoms with Crippen LogP contribution in [-0.4, -0.2) is 6.54 Å². The number of hydrogen-bond donors (Lipinski definition) is 1. The van der Waals surface area contributed by atoms with Crippen molar-refractivity contribution in [1.29, 1.82) is 0 Å². The average Bonchev–Trinajstić information content (AvgIpc) is 2.37. The first-order chi connectivity index (χ1) is 8.56. The van der Waals surface area contributed by atoms with E-state index < -0.39 is 11.5 Å². The Bertz CT molecular complexity index is 519. The van der Waals surface area contributed by atoms with Crippen LogP contribution in [0.15, 0.2) is 48.5 Å². The molecule has 0 saturated carbocycles. The van der Waals surface area contributed by atoms with E-state index in [9.17, 15) is 4.39 Å². The van der Waals surface area contributed by atoms with Gasteiger partial charge in [-0.25, -0.2) is 8.78 Å². The van der Waals surface area contributed by atoms with E-state index in [4.69, 9.17) is 5.73 Å². The molecular formula is C15H15F2N. The smallest absolute Gasteiger partial charge is 0.173 e. The number of nitrogens with two attached hydrogens (primary N) is 1. The Balaban J connectivity index is 2.56. The number of benzene rings is 2. The van der Waals surface area contributed by atoms with E-state index in [2.05, 4.69) is 0 Å². The summed E-state index contributed by atoms with van der Waals surface area (Å²) in [6.07, 6.45) is 0. The van der Waals surface area contributed by atoms with Crippen molar-refractivity contribution in [3.8, 4) is 0 Å². The maximum Gasteiger partial charge on any atom is 0.173 e. The number of alkyl halides is 1. The molecule has 3 heteroatoms. The van der Waals surface area contributed by atoms with Gasteiger partial charge < -0.3 is 5.73 Å². The van der Waals surface area contributed by atoms with E-state index in [1.165, 1.54) is 12.1 Å². The molecule has 0 spiro atoms. The molecule has 18 heavy (non-hydrogen) atoms. The van der Waals surface area contributed by atoms with Gasteiger partial charge in [0.15, 0.2) is 5.67 Å². The van der Waals surface area contributed by atoms with Crippen molar-refractivity contribution in [2.75, 3.05) is 6.54 Å². The van der Waals surface area contributed by atoms with Crippen LogP contribution in [0, 0.1) is 12.7 Å². The van der Waals surface area contributed by atoms with Crippen molar-refractivity contribution in [1.82, 2.24) is 0 Å². The fourth-order valence-electron chi connectivity index (χ4n) is 2.07. The Morgan fingerprint density at radius 2 is 1.72 bits per heavy atom. The highest BCUT2D eigenvalue weighted by molar-refractivity contribution is 5.38. The van der Waals surface area contributed by atoms with Crippen molar-refractivity contribution in [3.05, 3.63) is 71.0 Å². The molecule has 2 rings (SSSR count). The van der Waals surface area contributed by atoms with Crippen molar-refractivity contribution >= 4 is 0 Å². The highest BCUT2D eigenvalue weighted by Gasteiger charge is 2.33. The number of hydrogen-bond acceptors (Lipinski definition) is 1. The summed E-state index contributed by atoms with van der Waals surface area (Å²) in [4.78, 5) is 0. The van der Waals surface area contributed by atoms with Gasteiger partial charge in [-0.05, 0) is 35.7 Å². The number of rotatable bonds is 3. The molecule has 1 atom stereocenters. The Morgan fingerprint density at radius 1 is 1.06 bits per heavy atom. The summed E-state index contributed by atoms with van der Waals surface area (Å²) in [5.41, 5.74) is 5.10. The third-order valence-electron chi connectivity index (χ3n) is 3.01. The first-order valence-corrected chi connectivity index (χ1v) is 5.78. The third kappa shape index (κ3) is 2.27. The summed E-state index contributed by atoms with van der Waals surface area (Å²) in [5, 5.41) is 0. The van der Waals surface area contributed by atoms with Gasteiger partial charge in [-0.1, -0.05) is 36.4 Å². The van der Waals surface area contributed by atoms with Gasteiger partial charge in [0.2, 0.25) is 0 Å². The van der Waals surface area contributed by atoms with Crippen LogP contribution in [0.3, 0.4) is 0 Å². The molecule has 0 saturated heterocycles. The molecule has 0 bridgehead atoms. The van der Waals surface area contributed by atoms with Crippen LogP contribution in [0.5, 0.6) is 0 Å². The second-order valence-corrected chi connectivity index (χ2v) is 4.39. The molecule has 2 aromatic carbocycles. The zero-order chi connectivity index (χ0) is 13.2. The summed E-state index contributed by atoms with van der Waals surface area (Å²) in [6.45, 7) is 1.51. The van der Waals surface area contributed by atoms with Crippen LogP contribution in [0.1, 0.15) is 16.7 Å². The Kier molecular flexibility index (Phi) is 3.43. The van der Waals surface area contributed by atoms with E-state index in [1.54, 1.807) is 43.3 Å². The maximum atomic E-state index is 15.1. The minimum absolute atomic E-state index is 0.222. The monoisotopic (exact) mass is 247 g/mol. The normalized spacial score (nSPS) is 14.2. The largest absolute Gasteiger partial charge is 0.327 e. The average molecular weight is 247 g/mol. The van der Waals surface area contributed by atoms with E-state index in [-0.39, 0.29) is 12.1 Å². The van der Waals surface area contributed by atoms with E-state index in [1.807, 2.05) is 0 Å². The first-order valence-electron chi connectivity index (χ1n) is 5.78. The highest BCUT2D eigenvalue weighted by atomic mass is 19.1. The standard InChI is InChI=1S/C15H15F2N/c1-11-7-13(9-14(16)8-11)15(17,10-18)12-5-3-2-4-6-12/h2-9H,10,18H2,1H3. The quantitative estimate of drug-likeness (QED) is 0.884. The summed E-state index contributed by atoms with van der Waals surface area (Å²) in [7, 11) is 0. The van der Waals surface area contributed by atoms with Crippen molar-refractivity contribution in [3.63, 3.8) is 0 Å². The van der Waals surface area contributed by atoms with E-state index in [0.717, 1.165) is 0 Å². The zero-order valence-electron chi connectivity index (χ0n) is 10.2. The highest BCUT2D eigenvalue weighted by Crippen LogP contribution is 2.33. The van der Waals surface area contributed by atoms with Gasteiger partial charge in [0.25, 0.3) is 0 Å². The van der Waals surface area contributed by atoms with Crippen LogP contribution in [0.25, 0.3) is 0 Å². The maximum absolute atomic E-state index is 15.1. The number of aryl methyl sites for hydroxylation is 1. The zero-order valence-corrected chi connectivity index (χ0v) is 10.2. The lowest BCUT2D eigenvalue weighted by Gasteiger charge is -2.25. The predicted molar refractivity (Wildman–Crippen MR) is 68.5 cm³/mol. The molecule has 0 amide bonds. The Hall–Kier alpha value is -1.74. The lowest BCUT2D eigenvalue weighted by atomic mass is 9.87. The van der Waals surface area contributed by atoms with Crippen molar-refractivity contribution in [2.24, 2.45) is 5.73 Å². The second-order valence-electron chi connectivity index (χ2n) is 4.39. The lowest BCUT2D eigenvalue weighted by molar-refractivity contribution is 0.232. The van der Waals surface area contributed by atoms with Gasteiger partial charge in [-0.3, -0.25) is 0 Å². The summed E-state index contributed by atoms with van der Waals surface area (Å²) in [6, 6.07) is 12.8. The van der Waals surface area contributed by atoms with Gasteiger partial charge in [0.1, 0.15) is 5.82 Å². The molecule has 0 aromatic heterocycles. The predicted octanol–water partition coefficient (Wildman–Crippen LogP) is 3.31. The molecule has 0 aliphatic rings.